The van der Waals surface area contributed by atoms with Gasteiger partial charge in [-0.1, -0.05) is 18.2 Å². The Morgan fingerprint density at radius 2 is 2.11 bits per heavy atom. The van der Waals surface area contributed by atoms with Crippen LogP contribution in [0.4, 0.5) is 0 Å². The monoisotopic (exact) mass is 259 g/mol. The zero-order valence-corrected chi connectivity index (χ0v) is 11.1. The van der Waals surface area contributed by atoms with Crippen molar-refractivity contribution < 1.29 is 13.9 Å². The van der Waals surface area contributed by atoms with Crippen LogP contribution in [0.1, 0.15) is 24.3 Å². The third-order valence-electron chi connectivity index (χ3n) is 2.80. The molecule has 1 heterocycles. The molecule has 4 nitrogen and oxygen atoms in total. The Labute approximate surface area is 112 Å². The van der Waals surface area contributed by atoms with Gasteiger partial charge in [0, 0.05) is 0 Å². The van der Waals surface area contributed by atoms with Crippen LogP contribution in [0.3, 0.4) is 0 Å². The number of rotatable bonds is 5. The molecule has 1 aromatic heterocycles. The molecule has 100 valence electrons. The molecule has 1 N–H and O–H groups in total. The second kappa shape index (κ2) is 6.09. The van der Waals surface area contributed by atoms with Gasteiger partial charge in [0.25, 0.3) is 5.91 Å². The van der Waals surface area contributed by atoms with Crippen LogP contribution in [0, 0.1) is 6.92 Å². The smallest absolute Gasteiger partial charge is 0.258 e. The lowest BCUT2D eigenvalue weighted by molar-refractivity contribution is -0.123. The Morgan fingerprint density at radius 3 is 2.79 bits per heavy atom. The maximum absolute atomic E-state index is 11.8. The minimum atomic E-state index is -0.174. The maximum atomic E-state index is 11.8. The summed E-state index contributed by atoms with van der Waals surface area (Å²) in [6.45, 7) is 3.80. The second-order valence-electron chi connectivity index (χ2n) is 4.36. The van der Waals surface area contributed by atoms with Gasteiger partial charge in [0.2, 0.25) is 0 Å². The molecule has 0 bridgehead atoms. The van der Waals surface area contributed by atoms with Crippen molar-refractivity contribution in [3.8, 4) is 5.75 Å². The van der Waals surface area contributed by atoms with Crippen LogP contribution in [-0.2, 0) is 4.79 Å². The molecule has 0 aliphatic heterocycles. The summed E-state index contributed by atoms with van der Waals surface area (Å²) >= 11 is 0. The third-order valence-corrected chi connectivity index (χ3v) is 2.80. The summed E-state index contributed by atoms with van der Waals surface area (Å²) in [5.74, 6) is 1.28. The summed E-state index contributed by atoms with van der Waals surface area (Å²) in [5, 5.41) is 2.81. The minimum Gasteiger partial charge on any atom is -0.484 e. The summed E-state index contributed by atoms with van der Waals surface area (Å²) in [7, 11) is 0. The van der Waals surface area contributed by atoms with Gasteiger partial charge in [-0.3, -0.25) is 4.79 Å². The van der Waals surface area contributed by atoms with Gasteiger partial charge < -0.3 is 14.5 Å². The Hall–Kier alpha value is -2.23. The number of para-hydroxylation sites is 1. The largest absolute Gasteiger partial charge is 0.484 e. The molecule has 1 atom stereocenters. The van der Waals surface area contributed by atoms with Crippen molar-refractivity contribution in [3.63, 3.8) is 0 Å². The predicted octanol–water partition coefficient (Wildman–Crippen LogP) is 2.84. The number of carbonyl (C=O) groups excluding carboxylic acids is 1. The van der Waals surface area contributed by atoms with Crippen molar-refractivity contribution in [3.05, 3.63) is 54.0 Å². The highest BCUT2D eigenvalue weighted by Crippen LogP contribution is 2.16. The van der Waals surface area contributed by atoms with Gasteiger partial charge in [-0.2, -0.15) is 0 Å². The first-order valence-electron chi connectivity index (χ1n) is 6.18. The number of amides is 1. The number of aryl methyl sites for hydroxylation is 1. The molecule has 0 aliphatic rings. The summed E-state index contributed by atoms with van der Waals surface area (Å²) in [6, 6.07) is 11.1. The second-order valence-corrected chi connectivity index (χ2v) is 4.36. The number of carbonyl (C=O) groups is 1. The van der Waals surface area contributed by atoms with Crippen molar-refractivity contribution in [1.82, 2.24) is 5.32 Å². The van der Waals surface area contributed by atoms with Crippen molar-refractivity contribution in [1.29, 1.82) is 0 Å². The number of ether oxygens (including phenoxy) is 1. The summed E-state index contributed by atoms with van der Waals surface area (Å²) in [4.78, 5) is 11.8. The first-order valence-corrected chi connectivity index (χ1v) is 6.18. The van der Waals surface area contributed by atoms with Crippen LogP contribution in [-0.4, -0.2) is 12.5 Å². The van der Waals surface area contributed by atoms with Crippen LogP contribution < -0.4 is 10.1 Å². The zero-order valence-electron chi connectivity index (χ0n) is 11.1. The molecule has 4 heteroatoms. The average molecular weight is 259 g/mol. The van der Waals surface area contributed by atoms with Gasteiger partial charge in [0.05, 0.1) is 12.3 Å². The molecule has 1 amide bonds. The maximum Gasteiger partial charge on any atom is 0.258 e. The van der Waals surface area contributed by atoms with E-state index in [1.165, 1.54) is 0 Å². The summed E-state index contributed by atoms with van der Waals surface area (Å²) in [5.41, 5.74) is 1.01. The number of hydrogen-bond acceptors (Lipinski definition) is 3. The molecule has 19 heavy (non-hydrogen) atoms. The van der Waals surface area contributed by atoms with Gasteiger partial charge >= 0.3 is 0 Å². The van der Waals surface area contributed by atoms with E-state index in [1.54, 1.807) is 12.3 Å². The third kappa shape index (κ3) is 3.61. The van der Waals surface area contributed by atoms with E-state index in [0.29, 0.717) is 0 Å². The van der Waals surface area contributed by atoms with E-state index in [-0.39, 0.29) is 18.6 Å². The van der Waals surface area contributed by atoms with E-state index in [9.17, 15) is 4.79 Å². The molecular weight excluding hydrogens is 242 g/mol. The molecule has 0 spiro atoms. The van der Waals surface area contributed by atoms with E-state index < -0.39 is 0 Å². The molecule has 1 aromatic carbocycles. The molecule has 0 unspecified atom stereocenters. The first kappa shape index (κ1) is 13.2. The van der Waals surface area contributed by atoms with E-state index >= 15 is 0 Å². The van der Waals surface area contributed by atoms with E-state index in [2.05, 4.69) is 5.32 Å². The Bertz CT molecular complexity index is 534. The fourth-order valence-corrected chi connectivity index (χ4v) is 1.75. The molecular formula is C15H17NO3. The van der Waals surface area contributed by atoms with Crippen LogP contribution in [0.25, 0.3) is 0 Å². The highest BCUT2D eigenvalue weighted by Gasteiger charge is 2.12. The molecule has 0 aliphatic carbocycles. The predicted molar refractivity (Wildman–Crippen MR) is 71.9 cm³/mol. The van der Waals surface area contributed by atoms with E-state index in [4.69, 9.17) is 9.15 Å². The Kier molecular flexibility index (Phi) is 4.23. The topological polar surface area (TPSA) is 51.5 Å². The Morgan fingerprint density at radius 1 is 1.32 bits per heavy atom. The number of benzene rings is 1. The van der Waals surface area contributed by atoms with Crippen molar-refractivity contribution in [2.24, 2.45) is 0 Å². The van der Waals surface area contributed by atoms with E-state index in [1.807, 2.05) is 44.2 Å². The molecule has 0 saturated heterocycles. The average Bonchev–Trinajstić information content (AvgIpc) is 2.91. The highest BCUT2D eigenvalue weighted by atomic mass is 16.5. The lowest BCUT2D eigenvalue weighted by atomic mass is 10.2. The minimum absolute atomic E-state index is 0.00407. The zero-order chi connectivity index (χ0) is 13.7. The van der Waals surface area contributed by atoms with Crippen LogP contribution in [0.15, 0.2) is 47.1 Å². The first-order chi connectivity index (χ1) is 9.16. The summed E-state index contributed by atoms with van der Waals surface area (Å²) in [6.07, 6.45) is 1.59. The van der Waals surface area contributed by atoms with Gasteiger partial charge in [-0.25, -0.2) is 0 Å². The van der Waals surface area contributed by atoms with E-state index in [0.717, 1.165) is 17.1 Å². The lowest BCUT2D eigenvalue weighted by Crippen LogP contribution is -2.31. The molecule has 0 radical (unpaired) electrons. The molecule has 2 rings (SSSR count). The quantitative estimate of drug-likeness (QED) is 0.898. The van der Waals surface area contributed by atoms with Gasteiger partial charge in [0.15, 0.2) is 6.61 Å². The van der Waals surface area contributed by atoms with Crippen LogP contribution in [0.5, 0.6) is 5.75 Å². The molecule has 0 saturated carbocycles. The molecule has 2 aromatic rings. The van der Waals surface area contributed by atoms with Gasteiger partial charge in [-0.15, -0.1) is 0 Å². The number of furan rings is 1. The van der Waals surface area contributed by atoms with Crippen molar-refractivity contribution >= 4 is 5.91 Å². The van der Waals surface area contributed by atoms with Crippen LogP contribution in [0.2, 0.25) is 0 Å². The van der Waals surface area contributed by atoms with Crippen molar-refractivity contribution in [2.75, 3.05) is 6.61 Å². The highest BCUT2D eigenvalue weighted by molar-refractivity contribution is 5.77. The standard InChI is InChI=1S/C15H17NO3/c1-11-6-3-4-7-13(11)19-10-15(17)16-12(2)14-8-5-9-18-14/h3-9,12H,10H2,1-2H3,(H,16,17)/t12-/m0/s1. The fraction of sp³-hybridized carbons (Fsp3) is 0.267. The van der Waals surface area contributed by atoms with Crippen molar-refractivity contribution in [2.45, 2.75) is 19.9 Å². The SMILES string of the molecule is Cc1ccccc1OCC(=O)N[C@@H](C)c1ccco1. The number of nitrogens with one attached hydrogen (secondary N) is 1. The normalized spacial score (nSPS) is 11.9. The van der Waals surface area contributed by atoms with Gasteiger partial charge in [-0.05, 0) is 37.6 Å². The van der Waals surface area contributed by atoms with Crippen LogP contribution >= 0.6 is 0 Å². The summed E-state index contributed by atoms with van der Waals surface area (Å²) < 4.78 is 10.7. The fourth-order valence-electron chi connectivity index (χ4n) is 1.75. The molecule has 0 fully saturated rings. The lowest BCUT2D eigenvalue weighted by Gasteiger charge is -2.12. The Balaban J connectivity index is 1.84. The number of hydrogen-bond donors (Lipinski definition) is 1. The van der Waals surface area contributed by atoms with Gasteiger partial charge in [0.1, 0.15) is 11.5 Å².